The minimum absolute atomic E-state index is 0.961. The van der Waals surface area contributed by atoms with Crippen molar-refractivity contribution in [2.24, 2.45) is 5.92 Å². The van der Waals surface area contributed by atoms with E-state index in [1.807, 2.05) is 0 Å². The maximum Gasteiger partial charge on any atom is -0.000664 e. The molecule has 1 rings (SSSR count). The molecule has 2 heteroatoms. The third-order valence-corrected chi connectivity index (χ3v) is 4.16. The number of nitrogens with one attached hydrogen (secondary N) is 1. The first-order chi connectivity index (χ1) is 8.83. The van der Waals surface area contributed by atoms with Crippen LogP contribution in [-0.4, -0.2) is 37.6 Å². The topological polar surface area (TPSA) is 15.3 Å². The van der Waals surface area contributed by atoms with Crippen molar-refractivity contribution in [1.82, 2.24) is 10.2 Å². The second-order valence-electron chi connectivity index (χ2n) is 6.04. The van der Waals surface area contributed by atoms with Crippen molar-refractivity contribution >= 4 is 0 Å². The molecule has 1 fully saturated rings. The van der Waals surface area contributed by atoms with Gasteiger partial charge in [0.15, 0.2) is 0 Å². The van der Waals surface area contributed by atoms with Gasteiger partial charge in [0.1, 0.15) is 0 Å². The molecule has 0 radical (unpaired) electrons. The van der Waals surface area contributed by atoms with Crippen molar-refractivity contribution in [3.05, 3.63) is 0 Å². The van der Waals surface area contributed by atoms with Crippen LogP contribution in [0.2, 0.25) is 0 Å². The van der Waals surface area contributed by atoms with Crippen molar-refractivity contribution in [2.45, 2.75) is 65.2 Å². The highest BCUT2D eigenvalue weighted by atomic mass is 15.1. The van der Waals surface area contributed by atoms with Gasteiger partial charge in [-0.25, -0.2) is 0 Å². The Labute approximate surface area is 115 Å². The van der Waals surface area contributed by atoms with Crippen LogP contribution in [0.25, 0.3) is 0 Å². The van der Waals surface area contributed by atoms with Crippen LogP contribution in [0.5, 0.6) is 0 Å². The lowest BCUT2D eigenvalue weighted by molar-refractivity contribution is 0.190. The van der Waals surface area contributed by atoms with E-state index in [2.05, 4.69) is 24.1 Å². The van der Waals surface area contributed by atoms with Gasteiger partial charge in [0.2, 0.25) is 0 Å². The van der Waals surface area contributed by atoms with Gasteiger partial charge >= 0.3 is 0 Å². The van der Waals surface area contributed by atoms with E-state index >= 15 is 0 Å². The van der Waals surface area contributed by atoms with Crippen molar-refractivity contribution in [2.75, 3.05) is 32.7 Å². The first-order valence-electron chi connectivity index (χ1n) is 8.26. The highest BCUT2D eigenvalue weighted by molar-refractivity contribution is 4.69. The molecule has 108 valence electrons. The Morgan fingerprint density at radius 2 is 1.61 bits per heavy atom. The summed E-state index contributed by atoms with van der Waals surface area (Å²) < 4.78 is 0. The fraction of sp³-hybridized carbons (Fsp3) is 1.00. The lowest BCUT2D eigenvalue weighted by Crippen LogP contribution is -2.34. The predicted molar refractivity (Wildman–Crippen MR) is 81.1 cm³/mol. The molecule has 1 heterocycles. The molecule has 18 heavy (non-hydrogen) atoms. The first-order valence-corrected chi connectivity index (χ1v) is 8.26. The van der Waals surface area contributed by atoms with Crippen LogP contribution in [0.3, 0.4) is 0 Å². The predicted octanol–water partition coefficient (Wildman–Crippen LogP) is 3.67. The van der Waals surface area contributed by atoms with Crippen LogP contribution < -0.4 is 5.32 Å². The summed E-state index contributed by atoms with van der Waals surface area (Å²) in [6.07, 6.45) is 11.1. The van der Waals surface area contributed by atoms with E-state index in [1.54, 1.807) is 0 Å². The van der Waals surface area contributed by atoms with Gasteiger partial charge in [-0.2, -0.15) is 0 Å². The zero-order valence-electron chi connectivity index (χ0n) is 12.7. The second kappa shape index (κ2) is 10.8. The molecule has 0 aromatic heterocycles. The Kier molecular flexibility index (Phi) is 9.59. The lowest BCUT2D eigenvalue weighted by Gasteiger charge is -2.30. The van der Waals surface area contributed by atoms with Crippen LogP contribution in [0.1, 0.15) is 65.2 Å². The maximum atomic E-state index is 3.58. The summed E-state index contributed by atoms with van der Waals surface area (Å²) in [7, 11) is 0. The lowest BCUT2D eigenvalue weighted by atomic mass is 9.99. The van der Waals surface area contributed by atoms with E-state index in [9.17, 15) is 0 Å². The largest absolute Gasteiger partial charge is 0.317 e. The summed E-state index contributed by atoms with van der Waals surface area (Å²) in [5.74, 6) is 0.961. The Bertz CT molecular complexity index is 174. The Morgan fingerprint density at radius 3 is 2.33 bits per heavy atom. The molecular formula is C16H34N2. The van der Waals surface area contributed by atoms with E-state index in [-0.39, 0.29) is 0 Å². The highest BCUT2D eigenvalue weighted by Gasteiger charge is 2.14. The molecule has 0 atom stereocenters. The molecule has 2 nitrogen and oxygen atoms in total. The van der Waals surface area contributed by atoms with Crippen LogP contribution in [0.15, 0.2) is 0 Å². The summed E-state index contributed by atoms with van der Waals surface area (Å²) in [5, 5.41) is 3.58. The summed E-state index contributed by atoms with van der Waals surface area (Å²) in [5.41, 5.74) is 0. The minimum atomic E-state index is 0.961. The summed E-state index contributed by atoms with van der Waals surface area (Å²) in [4.78, 5) is 2.64. The highest BCUT2D eigenvalue weighted by Crippen LogP contribution is 2.15. The minimum Gasteiger partial charge on any atom is -0.317 e. The van der Waals surface area contributed by atoms with Gasteiger partial charge in [-0.05, 0) is 64.3 Å². The monoisotopic (exact) mass is 254 g/mol. The van der Waals surface area contributed by atoms with Crippen LogP contribution in [0.4, 0.5) is 0 Å². The average Bonchev–Trinajstić information content (AvgIpc) is 2.39. The van der Waals surface area contributed by atoms with Gasteiger partial charge in [0, 0.05) is 0 Å². The molecule has 0 amide bonds. The van der Waals surface area contributed by atoms with E-state index in [1.165, 1.54) is 84.1 Å². The summed E-state index contributed by atoms with van der Waals surface area (Å²) in [6.45, 7) is 11.1. The quantitative estimate of drug-likeness (QED) is 0.598. The normalized spacial score (nSPS) is 18.3. The number of rotatable bonds is 10. The van der Waals surface area contributed by atoms with Crippen LogP contribution in [-0.2, 0) is 0 Å². The average molecular weight is 254 g/mol. The van der Waals surface area contributed by atoms with Gasteiger partial charge in [0.25, 0.3) is 0 Å². The van der Waals surface area contributed by atoms with E-state index < -0.39 is 0 Å². The second-order valence-corrected chi connectivity index (χ2v) is 6.04. The Hall–Kier alpha value is -0.0800. The molecule has 1 aliphatic heterocycles. The fourth-order valence-corrected chi connectivity index (χ4v) is 2.69. The number of hydrogen-bond donors (Lipinski definition) is 1. The Balaban J connectivity index is 1.78. The SMILES string of the molecule is CCCCCCCNCCCN1CCC(C)CC1. The Morgan fingerprint density at radius 1 is 0.944 bits per heavy atom. The molecule has 0 spiro atoms. The molecule has 1 saturated heterocycles. The van der Waals surface area contributed by atoms with Crippen LogP contribution >= 0.6 is 0 Å². The molecule has 1 N–H and O–H groups in total. The third kappa shape index (κ3) is 8.10. The standard InChI is InChI=1S/C16H34N2/c1-3-4-5-6-7-11-17-12-8-13-18-14-9-16(2)10-15-18/h16-17H,3-15H2,1-2H3. The van der Waals surface area contributed by atoms with Crippen molar-refractivity contribution < 1.29 is 0 Å². The summed E-state index contributed by atoms with van der Waals surface area (Å²) >= 11 is 0. The van der Waals surface area contributed by atoms with E-state index in [0.717, 1.165) is 5.92 Å². The van der Waals surface area contributed by atoms with Gasteiger partial charge in [-0.15, -0.1) is 0 Å². The van der Waals surface area contributed by atoms with Gasteiger partial charge < -0.3 is 10.2 Å². The molecule has 0 aromatic carbocycles. The van der Waals surface area contributed by atoms with Gasteiger partial charge in [-0.3, -0.25) is 0 Å². The molecule has 1 aliphatic rings. The molecule has 0 aromatic rings. The number of nitrogens with zero attached hydrogens (tertiary/aromatic N) is 1. The number of likely N-dealkylation sites (tertiary alicyclic amines) is 1. The molecule has 0 saturated carbocycles. The maximum absolute atomic E-state index is 3.58. The van der Waals surface area contributed by atoms with E-state index in [0.29, 0.717) is 0 Å². The molecular weight excluding hydrogens is 220 g/mol. The zero-order chi connectivity index (χ0) is 13.1. The number of unbranched alkanes of at least 4 members (excludes halogenated alkanes) is 4. The van der Waals surface area contributed by atoms with Crippen molar-refractivity contribution in [3.63, 3.8) is 0 Å². The van der Waals surface area contributed by atoms with Crippen molar-refractivity contribution in [1.29, 1.82) is 0 Å². The number of hydrogen-bond acceptors (Lipinski definition) is 2. The fourth-order valence-electron chi connectivity index (χ4n) is 2.69. The third-order valence-electron chi connectivity index (χ3n) is 4.16. The molecule has 0 aliphatic carbocycles. The molecule has 0 bridgehead atoms. The van der Waals surface area contributed by atoms with Crippen molar-refractivity contribution in [3.8, 4) is 0 Å². The zero-order valence-corrected chi connectivity index (χ0v) is 12.7. The van der Waals surface area contributed by atoms with Crippen LogP contribution in [0, 0.1) is 5.92 Å². The van der Waals surface area contributed by atoms with E-state index in [4.69, 9.17) is 0 Å². The molecule has 0 unspecified atom stereocenters. The summed E-state index contributed by atoms with van der Waals surface area (Å²) in [6, 6.07) is 0. The van der Waals surface area contributed by atoms with Gasteiger partial charge in [-0.1, -0.05) is 39.5 Å². The van der Waals surface area contributed by atoms with Gasteiger partial charge in [0.05, 0.1) is 0 Å². The number of piperidine rings is 1. The first kappa shape index (κ1) is 16.0. The smallest absolute Gasteiger partial charge is 0.000664 e.